The number of carbonyl (C=O) groups excluding carboxylic acids is 1. The van der Waals surface area contributed by atoms with Crippen molar-refractivity contribution >= 4 is 13.8 Å². The Kier molecular flexibility index (Phi) is 37.2. The highest BCUT2D eigenvalue weighted by atomic mass is 31.2. The zero-order chi connectivity index (χ0) is 39.1. The fourth-order valence-corrected chi connectivity index (χ4v) is 6.78. The van der Waals surface area contributed by atoms with Gasteiger partial charge in [0.2, 0.25) is 0 Å². The molecule has 2 atom stereocenters. The number of hydrogen-bond donors (Lipinski definition) is 0. The number of ether oxygens (including phenoxy) is 2. The van der Waals surface area contributed by atoms with E-state index < -0.39 is 13.9 Å². The molecule has 2 unspecified atom stereocenters. The third-order valence-electron chi connectivity index (χ3n) is 9.51. The summed E-state index contributed by atoms with van der Waals surface area (Å²) in [5.41, 5.74) is 0. The Morgan fingerprint density at radius 3 is 1.57 bits per heavy atom. The van der Waals surface area contributed by atoms with Crippen LogP contribution in [-0.2, 0) is 27.9 Å². The Bertz CT molecular complexity index is 905. The van der Waals surface area contributed by atoms with Gasteiger partial charge in [-0.15, -0.1) is 0 Å². The van der Waals surface area contributed by atoms with Crippen LogP contribution in [0.2, 0.25) is 0 Å². The third-order valence-corrected chi connectivity index (χ3v) is 10.5. The van der Waals surface area contributed by atoms with E-state index in [2.05, 4.69) is 38.2 Å². The number of quaternary nitrogens is 1. The molecule has 0 aliphatic heterocycles. The predicted octanol–water partition coefficient (Wildman–Crippen LogP) is 12.2. The van der Waals surface area contributed by atoms with E-state index >= 15 is 0 Å². The summed E-state index contributed by atoms with van der Waals surface area (Å²) in [4.78, 5) is 25.0. The maximum Gasteiger partial charge on any atom is 0.306 e. The molecule has 0 saturated heterocycles. The average molecular weight is 772 g/mol. The van der Waals surface area contributed by atoms with Gasteiger partial charge in [0.15, 0.2) is 0 Å². The molecule has 0 aromatic heterocycles. The summed E-state index contributed by atoms with van der Waals surface area (Å²) in [6, 6.07) is 0. The summed E-state index contributed by atoms with van der Waals surface area (Å²) in [6.07, 6.45) is 41.8. The van der Waals surface area contributed by atoms with Gasteiger partial charge in [-0.1, -0.05) is 167 Å². The highest BCUT2D eigenvalue weighted by molar-refractivity contribution is 7.45. The molecule has 0 radical (unpaired) electrons. The maximum absolute atomic E-state index is 12.7. The summed E-state index contributed by atoms with van der Waals surface area (Å²) in [5.74, 6) is -0.336. The molecule has 314 valence electrons. The number of unbranched alkanes of at least 4 members (excludes halogenated alkanes) is 23. The molecule has 0 heterocycles. The van der Waals surface area contributed by atoms with Crippen molar-refractivity contribution < 1.29 is 37.3 Å². The molecule has 0 spiro atoms. The second-order valence-corrected chi connectivity index (χ2v) is 17.5. The quantitative estimate of drug-likeness (QED) is 0.0201. The minimum Gasteiger partial charge on any atom is -0.756 e. The molecule has 0 fully saturated rings. The van der Waals surface area contributed by atoms with Crippen LogP contribution in [0.25, 0.3) is 0 Å². The molecule has 8 nitrogen and oxygen atoms in total. The zero-order valence-corrected chi connectivity index (χ0v) is 36.4. The largest absolute Gasteiger partial charge is 0.756 e. The molecule has 0 N–H and O–H groups in total. The minimum atomic E-state index is -4.52. The fourth-order valence-electron chi connectivity index (χ4n) is 6.05. The molecule has 0 saturated carbocycles. The van der Waals surface area contributed by atoms with Crippen molar-refractivity contribution in [3.8, 4) is 0 Å². The second-order valence-electron chi connectivity index (χ2n) is 16.1. The third kappa shape index (κ3) is 42.0. The van der Waals surface area contributed by atoms with Crippen molar-refractivity contribution in [2.24, 2.45) is 0 Å². The van der Waals surface area contributed by atoms with E-state index in [0.717, 1.165) is 44.9 Å². The number of phosphoric ester groups is 1. The molecule has 0 amide bonds. The lowest BCUT2D eigenvalue weighted by Gasteiger charge is -2.28. The molecule has 0 bridgehead atoms. The first kappa shape index (κ1) is 52.0. The Labute approximate surface area is 328 Å². The molecule has 0 rings (SSSR count). The van der Waals surface area contributed by atoms with Crippen molar-refractivity contribution in [1.29, 1.82) is 0 Å². The van der Waals surface area contributed by atoms with Crippen LogP contribution in [0.1, 0.15) is 194 Å². The molecule has 0 aromatic rings. The van der Waals surface area contributed by atoms with Gasteiger partial charge in [-0.2, -0.15) is 0 Å². The van der Waals surface area contributed by atoms with E-state index in [0.29, 0.717) is 24.1 Å². The summed E-state index contributed by atoms with van der Waals surface area (Å²) in [6.45, 7) is 5.38. The van der Waals surface area contributed by atoms with E-state index in [1.54, 1.807) is 0 Å². The number of phosphoric acid groups is 1. The van der Waals surface area contributed by atoms with E-state index in [1.165, 1.54) is 128 Å². The van der Waals surface area contributed by atoms with Crippen LogP contribution >= 0.6 is 7.82 Å². The molecular weight excluding hydrogens is 685 g/mol. The van der Waals surface area contributed by atoms with Crippen LogP contribution in [0, 0.1) is 0 Å². The highest BCUT2D eigenvalue weighted by Gasteiger charge is 2.20. The van der Waals surface area contributed by atoms with Gasteiger partial charge in [-0.25, -0.2) is 0 Å². The van der Waals surface area contributed by atoms with E-state index in [-0.39, 0.29) is 25.8 Å². The molecular formula is C44H86NO7P. The Balaban J connectivity index is 4.23. The first-order chi connectivity index (χ1) is 25.6. The number of hydrogen-bond acceptors (Lipinski definition) is 7. The van der Waals surface area contributed by atoms with Crippen LogP contribution in [0.3, 0.4) is 0 Å². The van der Waals surface area contributed by atoms with Gasteiger partial charge in [-0.3, -0.25) is 9.36 Å². The standard InChI is InChI=1S/C44H86NO7P/c1-6-8-10-12-14-16-18-20-22-24-26-28-30-32-34-36-39-49-41-43(42-51-53(47,48)50-40-38-45(3,4)5)52-44(46)37-35-33-31-29-27-25-23-21-19-17-15-13-11-9-7-2/h14,16,20,22,43H,6-13,15,17-19,21,23-42H2,1-5H3/b16-14-,22-20-. The smallest absolute Gasteiger partial charge is 0.306 e. The number of rotatable bonds is 41. The Morgan fingerprint density at radius 1 is 0.585 bits per heavy atom. The molecule has 0 aliphatic carbocycles. The van der Waals surface area contributed by atoms with Gasteiger partial charge in [0, 0.05) is 13.0 Å². The van der Waals surface area contributed by atoms with Gasteiger partial charge >= 0.3 is 5.97 Å². The normalized spacial score (nSPS) is 14.0. The minimum absolute atomic E-state index is 0.0258. The van der Waals surface area contributed by atoms with Crippen molar-refractivity contribution in [1.82, 2.24) is 0 Å². The maximum atomic E-state index is 12.7. The van der Waals surface area contributed by atoms with Crippen LogP contribution in [-0.4, -0.2) is 70.7 Å². The van der Waals surface area contributed by atoms with Crippen molar-refractivity contribution in [3.05, 3.63) is 24.3 Å². The Hall–Kier alpha value is -1.02. The van der Waals surface area contributed by atoms with Crippen LogP contribution in [0.4, 0.5) is 0 Å². The number of likely N-dealkylation sites (N-methyl/N-ethyl adjacent to an activating group) is 1. The molecule has 0 aliphatic rings. The lowest BCUT2D eigenvalue weighted by molar-refractivity contribution is -0.870. The fraction of sp³-hybridized carbons (Fsp3) is 0.886. The second kappa shape index (κ2) is 37.9. The number of allylic oxidation sites excluding steroid dienone is 4. The Morgan fingerprint density at radius 2 is 1.04 bits per heavy atom. The van der Waals surface area contributed by atoms with Crippen LogP contribution < -0.4 is 4.89 Å². The first-order valence-electron chi connectivity index (χ1n) is 22.1. The number of carbonyl (C=O) groups is 1. The predicted molar refractivity (Wildman–Crippen MR) is 222 cm³/mol. The SMILES string of the molecule is CCCCC/C=C\C/C=C\CCCCCCCCOCC(COP(=O)([O-])OCC[N+](C)(C)C)OC(=O)CCCCCCCCCCCCCCCCC. The molecule has 9 heteroatoms. The lowest BCUT2D eigenvalue weighted by atomic mass is 10.0. The summed E-state index contributed by atoms with van der Waals surface area (Å²) < 4.78 is 34.6. The van der Waals surface area contributed by atoms with Gasteiger partial charge in [0.25, 0.3) is 7.82 Å². The summed E-state index contributed by atoms with van der Waals surface area (Å²) in [7, 11) is 1.35. The molecule has 0 aromatic carbocycles. The van der Waals surface area contributed by atoms with Crippen molar-refractivity contribution in [3.63, 3.8) is 0 Å². The van der Waals surface area contributed by atoms with Crippen molar-refractivity contribution in [2.45, 2.75) is 200 Å². The number of nitrogens with zero attached hydrogens (tertiary/aromatic N) is 1. The van der Waals surface area contributed by atoms with Gasteiger partial charge in [-0.05, 0) is 44.9 Å². The van der Waals surface area contributed by atoms with Crippen LogP contribution in [0.5, 0.6) is 0 Å². The zero-order valence-electron chi connectivity index (χ0n) is 35.5. The highest BCUT2D eigenvalue weighted by Crippen LogP contribution is 2.38. The van der Waals surface area contributed by atoms with Crippen molar-refractivity contribution in [2.75, 3.05) is 54.1 Å². The van der Waals surface area contributed by atoms with Gasteiger partial charge in [0.1, 0.15) is 19.3 Å². The lowest BCUT2D eigenvalue weighted by Crippen LogP contribution is -2.37. The van der Waals surface area contributed by atoms with Crippen LogP contribution in [0.15, 0.2) is 24.3 Å². The topological polar surface area (TPSA) is 94.1 Å². The summed E-state index contributed by atoms with van der Waals surface area (Å²) in [5, 5.41) is 0. The summed E-state index contributed by atoms with van der Waals surface area (Å²) >= 11 is 0. The van der Waals surface area contributed by atoms with Gasteiger partial charge in [0.05, 0.1) is 34.4 Å². The van der Waals surface area contributed by atoms with E-state index in [4.69, 9.17) is 18.5 Å². The van der Waals surface area contributed by atoms with E-state index in [1.807, 2.05) is 21.1 Å². The first-order valence-corrected chi connectivity index (χ1v) is 23.5. The average Bonchev–Trinajstić information content (AvgIpc) is 3.11. The monoisotopic (exact) mass is 772 g/mol. The molecule has 53 heavy (non-hydrogen) atoms. The number of esters is 1. The van der Waals surface area contributed by atoms with Gasteiger partial charge < -0.3 is 27.9 Å². The van der Waals surface area contributed by atoms with E-state index in [9.17, 15) is 14.3 Å².